The minimum absolute atomic E-state index is 0.0453. The average Bonchev–Trinajstić information content (AvgIpc) is 2.90. The molecule has 2 rings (SSSR count). The summed E-state index contributed by atoms with van der Waals surface area (Å²) in [7, 11) is 0. The maximum atomic E-state index is 6.04. The van der Waals surface area contributed by atoms with Crippen LogP contribution in [0.15, 0.2) is 24.5 Å². The fourth-order valence-electron chi connectivity index (χ4n) is 2.21. The molecule has 1 heterocycles. The van der Waals surface area contributed by atoms with Crippen LogP contribution in [-0.4, -0.2) is 20.8 Å². The molecule has 7 heteroatoms. The zero-order chi connectivity index (χ0) is 15.4. The molecule has 3 N–H and O–H groups in total. The van der Waals surface area contributed by atoms with Gasteiger partial charge in [-0.2, -0.15) is 5.10 Å². The Labute approximate surface area is 134 Å². The van der Waals surface area contributed by atoms with Gasteiger partial charge in [0.05, 0.1) is 10.0 Å². The predicted octanol–water partition coefficient (Wildman–Crippen LogP) is 2.78. The number of hydrogen-bond donors (Lipinski definition) is 2. The summed E-state index contributed by atoms with van der Waals surface area (Å²) in [6.07, 6.45) is 3.00. The van der Waals surface area contributed by atoms with Crippen molar-refractivity contribution in [2.24, 2.45) is 5.84 Å². The highest BCUT2D eigenvalue weighted by atomic mass is 35.5. The molecule has 0 amide bonds. The fourth-order valence-corrected chi connectivity index (χ4v) is 2.53. The molecule has 0 spiro atoms. The van der Waals surface area contributed by atoms with Crippen LogP contribution in [-0.2, 0) is 12.8 Å². The van der Waals surface area contributed by atoms with E-state index in [0.29, 0.717) is 16.5 Å². The summed E-state index contributed by atoms with van der Waals surface area (Å²) in [5, 5.41) is 5.34. The van der Waals surface area contributed by atoms with Gasteiger partial charge in [0.1, 0.15) is 12.2 Å². The van der Waals surface area contributed by atoms with Gasteiger partial charge in [-0.15, -0.1) is 0 Å². The Morgan fingerprint density at radius 2 is 2.00 bits per heavy atom. The molecule has 1 aromatic carbocycles. The highest BCUT2D eigenvalue weighted by molar-refractivity contribution is 6.42. The van der Waals surface area contributed by atoms with Crippen molar-refractivity contribution in [3.8, 4) is 0 Å². The lowest BCUT2D eigenvalue weighted by molar-refractivity contribution is 0.459. The third-order valence-electron chi connectivity index (χ3n) is 3.27. The van der Waals surface area contributed by atoms with Crippen LogP contribution in [0.1, 0.15) is 31.3 Å². The van der Waals surface area contributed by atoms with Crippen molar-refractivity contribution < 1.29 is 0 Å². The van der Waals surface area contributed by atoms with Gasteiger partial charge in [0.25, 0.3) is 0 Å². The van der Waals surface area contributed by atoms with Crippen molar-refractivity contribution in [1.82, 2.24) is 20.2 Å². The highest BCUT2D eigenvalue weighted by Gasteiger charge is 2.15. The first-order valence-corrected chi connectivity index (χ1v) is 7.55. The Morgan fingerprint density at radius 1 is 1.24 bits per heavy atom. The van der Waals surface area contributed by atoms with Crippen molar-refractivity contribution >= 4 is 23.2 Å². The quantitative estimate of drug-likeness (QED) is 0.632. The van der Waals surface area contributed by atoms with E-state index in [2.05, 4.69) is 29.4 Å². The van der Waals surface area contributed by atoms with Crippen molar-refractivity contribution in [2.45, 2.75) is 38.8 Å². The molecule has 1 aromatic heterocycles. The summed E-state index contributed by atoms with van der Waals surface area (Å²) in [4.78, 5) is 4.31. The van der Waals surface area contributed by atoms with Gasteiger partial charge in [0.2, 0.25) is 0 Å². The van der Waals surface area contributed by atoms with Gasteiger partial charge in [0, 0.05) is 18.5 Å². The Hall–Kier alpha value is -1.14. The van der Waals surface area contributed by atoms with Crippen LogP contribution in [0.25, 0.3) is 0 Å². The molecule has 0 saturated heterocycles. The lowest BCUT2D eigenvalue weighted by atomic mass is 10.0. The normalized spacial score (nSPS) is 12.9. The summed E-state index contributed by atoms with van der Waals surface area (Å²) in [5.74, 6) is 6.58. The first-order chi connectivity index (χ1) is 10.0. The number of nitrogens with two attached hydrogens (primary N) is 1. The highest BCUT2D eigenvalue weighted by Crippen LogP contribution is 2.23. The second-order valence-electron chi connectivity index (χ2n) is 5.23. The van der Waals surface area contributed by atoms with E-state index in [-0.39, 0.29) is 12.1 Å². The molecule has 2 aromatic rings. The summed E-state index contributed by atoms with van der Waals surface area (Å²) >= 11 is 12.0. The molecule has 0 saturated carbocycles. The molecule has 0 aliphatic rings. The van der Waals surface area contributed by atoms with E-state index in [0.717, 1.165) is 17.8 Å². The largest absolute Gasteiger partial charge is 0.271 e. The van der Waals surface area contributed by atoms with Crippen LogP contribution >= 0.6 is 23.2 Å². The van der Waals surface area contributed by atoms with E-state index in [4.69, 9.17) is 29.0 Å². The van der Waals surface area contributed by atoms with Crippen LogP contribution in [0, 0.1) is 0 Å². The lowest BCUT2D eigenvalue weighted by Crippen LogP contribution is -2.39. The molecule has 0 bridgehead atoms. The minimum Gasteiger partial charge on any atom is -0.271 e. The molecule has 114 valence electrons. The number of benzene rings is 1. The van der Waals surface area contributed by atoms with Crippen molar-refractivity contribution in [3.63, 3.8) is 0 Å². The fraction of sp³-hybridized carbons (Fsp3) is 0.429. The molecule has 1 unspecified atom stereocenters. The summed E-state index contributed by atoms with van der Waals surface area (Å²) in [6.45, 7) is 4.14. The van der Waals surface area contributed by atoms with Gasteiger partial charge in [0.15, 0.2) is 0 Å². The number of rotatable bonds is 6. The van der Waals surface area contributed by atoms with Crippen LogP contribution in [0.4, 0.5) is 0 Å². The van der Waals surface area contributed by atoms with Gasteiger partial charge in [-0.25, -0.2) is 9.67 Å². The number of hydrazine groups is 1. The minimum atomic E-state index is 0.0453. The second kappa shape index (κ2) is 7.22. The van der Waals surface area contributed by atoms with E-state index >= 15 is 0 Å². The average molecular weight is 328 g/mol. The standard InChI is InChI=1S/C14H19Cl2N5/c1-9(2)21-14(18-8-19-21)7-11(20-17)5-10-3-4-12(15)13(16)6-10/h3-4,6,8-9,11,20H,5,7,17H2,1-2H3. The lowest BCUT2D eigenvalue weighted by Gasteiger charge is -2.17. The van der Waals surface area contributed by atoms with Crippen molar-refractivity contribution in [3.05, 3.63) is 46.0 Å². The van der Waals surface area contributed by atoms with E-state index in [1.807, 2.05) is 16.8 Å². The molecule has 5 nitrogen and oxygen atoms in total. The molecular weight excluding hydrogens is 309 g/mol. The topological polar surface area (TPSA) is 68.8 Å². The molecule has 0 aliphatic carbocycles. The molecular formula is C14H19Cl2N5. The smallest absolute Gasteiger partial charge is 0.138 e. The first kappa shape index (κ1) is 16.2. The van der Waals surface area contributed by atoms with Gasteiger partial charge in [-0.05, 0) is 38.0 Å². The molecule has 0 aliphatic heterocycles. The Bertz CT molecular complexity index is 597. The van der Waals surface area contributed by atoms with E-state index in [9.17, 15) is 0 Å². The number of halogens is 2. The zero-order valence-corrected chi connectivity index (χ0v) is 13.6. The Balaban J connectivity index is 2.09. The number of nitrogens with zero attached hydrogens (tertiary/aromatic N) is 3. The summed E-state index contributed by atoms with van der Waals surface area (Å²) in [6, 6.07) is 5.92. The van der Waals surface area contributed by atoms with Crippen molar-refractivity contribution in [1.29, 1.82) is 0 Å². The Morgan fingerprint density at radius 3 is 2.62 bits per heavy atom. The van der Waals surface area contributed by atoms with Crippen LogP contribution in [0.2, 0.25) is 10.0 Å². The van der Waals surface area contributed by atoms with Gasteiger partial charge >= 0.3 is 0 Å². The van der Waals surface area contributed by atoms with Crippen LogP contribution in [0.3, 0.4) is 0 Å². The Kier molecular flexibility index (Phi) is 5.58. The monoisotopic (exact) mass is 327 g/mol. The predicted molar refractivity (Wildman–Crippen MR) is 85.4 cm³/mol. The van der Waals surface area contributed by atoms with E-state index < -0.39 is 0 Å². The van der Waals surface area contributed by atoms with Gasteiger partial charge in [-0.3, -0.25) is 11.3 Å². The maximum absolute atomic E-state index is 6.04. The maximum Gasteiger partial charge on any atom is 0.138 e. The van der Waals surface area contributed by atoms with Gasteiger partial charge in [-0.1, -0.05) is 29.3 Å². The third-order valence-corrected chi connectivity index (χ3v) is 4.01. The summed E-state index contributed by atoms with van der Waals surface area (Å²) in [5.41, 5.74) is 3.90. The molecule has 0 radical (unpaired) electrons. The van der Waals surface area contributed by atoms with Crippen LogP contribution < -0.4 is 11.3 Å². The van der Waals surface area contributed by atoms with Gasteiger partial charge < -0.3 is 0 Å². The molecule has 21 heavy (non-hydrogen) atoms. The number of aromatic nitrogens is 3. The molecule has 1 atom stereocenters. The zero-order valence-electron chi connectivity index (χ0n) is 12.1. The number of nitrogens with one attached hydrogen (secondary N) is 1. The molecule has 0 fully saturated rings. The SMILES string of the molecule is CC(C)n1ncnc1CC(Cc1ccc(Cl)c(Cl)c1)NN. The third kappa shape index (κ3) is 4.17. The number of hydrogen-bond acceptors (Lipinski definition) is 4. The summed E-state index contributed by atoms with van der Waals surface area (Å²) < 4.78 is 1.90. The van der Waals surface area contributed by atoms with E-state index in [1.165, 1.54) is 0 Å². The van der Waals surface area contributed by atoms with Crippen LogP contribution in [0.5, 0.6) is 0 Å². The van der Waals surface area contributed by atoms with Crippen molar-refractivity contribution in [2.75, 3.05) is 0 Å². The van der Waals surface area contributed by atoms with E-state index in [1.54, 1.807) is 12.4 Å². The first-order valence-electron chi connectivity index (χ1n) is 6.79. The second-order valence-corrected chi connectivity index (χ2v) is 6.05.